The topological polar surface area (TPSA) is 84.9 Å². The highest BCUT2D eigenvalue weighted by Crippen LogP contribution is 2.36. The number of ether oxygens (including phenoxy) is 2. The van der Waals surface area contributed by atoms with Gasteiger partial charge in [0.2, 0.25) is 0 Å². The zero-order valence-corrected chi connectivity index (χ0v) is 18.8. The van der Waals surface area contributed by atoms with E-state index in [1.165, 1.54) is 20.3 Å². The first-order chi connectivity index (χ1) is 15.9. The molecule has 0 spiro atoms. The van der Waals surface area contributed by atoms with Gasteiger partial charge in [-0.05, 0) is 35.9 Å². The van der Waals surface area contributed by atoms with Gasteiger partial charge in [0.1, 0.15) is 6.17 Å². The van der Waals surface area contributed by atoms with E-state index in [-0.39, 0.29) is 23.6 Å². The molecule has 0 aliphatic carbocycles. The molecule has 33 heavy (non-hydrogen) atoms. The van der Waals surface area contributed by atoms with E-state index in [1.807, 2.05) is 30.3 Å². The maximum Gasteiger partial charge on any atom is 0.337 e. The third-order valence-electron chi connectivity index (χ3n) is 5.44. The van der Waals surface area contributed by atoms with Crippen LogP contribution < -0.4 is 5.32 Å². The van der Waals surface area contributed by atoms with Crippen LogP contribution in [0.4, 0.5) is 5.69 Å². The molecule has 1 atom stereocenters. The van der Waals surface area contributed by atoms with Crippen LogP contribution in [0.25, 0.3) is 0 Å². The molecule has 1 N–H and O–H groups in total. The van der Waals surface area contributed by atoms with Crippen molar-refractivity contribution >= 4 is 35.1 Å². The molecule has 0 saturated heterocycles. The van der Waals surface area contributed by atoms with E-state index in [0.717, 1.165) is 11.1 Å². The number of nitrogens with zero attached hydrogens (tertiary/aromatic N) is 1. The lowest BCUT2D eigenvalue weighted by Gasteiger charge is -2.28. The summed E-state index contributed by atoms with van der Waals surface area (Å²) in [4.78, 5) is 39.3. The molecule has 0 fully saturated rings. The van der Waals surface area contributed by atoms with Crippen LogP contribution in [0.2, 0.25) is 5.02 Å². The molecule has 0 bridgehead atoms. The molecule has 1 unspecified atom stereocenters. The first-order valence-electron chi connectivity index (χ1n) is 10.1. The quantitative estimate of drug-likeness (QED) is 0.533. The average molecular weight is 465 g/mol. The number of carbonyl (C=O) groups is 3. The van der Waals surface area contributed by atoms with Gasteiger partial charge in [-0.2, -0.15) is 0 Å². The summed E-state index contributed by atoms with van der Waals surface area (Å²) < 4.78 is 9.64. The second kappa shape index (κ2) is 9.34. The molecule has 0 aromatic heterocycles. The second-order valence-corrected chi connectivity index (χ2v) is 7.85. The Balaban J connectivity index is 1.75. The molecule has 0 radical (unpaired) electrons. The molecule has 1 aliphatic heterocycles. The number of esters is 2. The monoisotopic (exact) mass is 464 g/mol. The van der Waals surface area contributed by atoms with Gasteiger partial charge in [-0.3, -0.25) is 4.79 Å². The minimum absolute atomic E-state index is 0.152. The fourth-order valence-electron chi connectivity index (χ4n) is 3.84. The number of rotatable bonds is 6. The lowest BCUT2D eigenvalue weighted by molar-refractivity contribution is 0.0598. The zero-order valence-electron chi connectivity index (χ0n) is 18.0. The van der Waals surface area contributed by atoms with Gasteiger partial charge in [0.15, 0.2) is 0 Å². The Kier molecular flexibility index (Phi) is 6.33. The lowest BCUT2D eigenvalue weighted by atomic mass is 10.1. The zero-order chi connectivity index (χ0) is 23.5. The van der Waals surface area contributed by atoms with E-state index < -0.39 is 18.1 Å². The van der Waals surface area contributed by atoms with Crippen molar-refractivity contribution in [3.8, 4) is 0 Å². The molecule has 8 heteroatoms. The van der Waals surface area contributed by atoms with Crippen molar-refractivity contribution in [2.24, 2.45) is 0 Å². The van der Waals surface area contributed by atoms with Crippen molar-refractivity contribution in [3.63, 3.8) is 0 Å². The number of nitrogens with one attached hydrogen (secondary N) is 1. The van der Waals surface area contributed by atoms with Gasteiger partial charge in [-0.25, -0.2) is 9.59 Å². The molecule has 4 rings (SSSR count). The summed E-state index contributed by atoms with van der Waals surface area (Å²) in [6.45, 7) is 0.269. The van der Waals surface area contributed by atoms with Crippen molar-refractivity contribution in [3.05, 3.63) is 99.6 Å². The molecule has 0 saturated carbocycles. The average Bonchev–Trinajstić information content (AvgIpc) is 3.10. The standard InChI is InChI=1S/C25H21ClN2O5/c1-32-24(30)16-11-17(25(31)33-2)13-18(12-16)27-22-19-8-4-5-9-20(19)23(29)28(22)14-15-7-3-6-10-21(15)26/h3-13,22,27H,14H2,1-2H3. The molecular formula is C25H21ClN2O5. The van der Waals surface area contributed by atoms with Gasteiger partial charge >= 0.3 is 11.9 Å². The van der Waals surface area contributed by atoms with E-state index in [9.17, 15) is 14.4 Å². The molecule has 7 nitrogen and oxygen atoms in total. The van der Waals surface area contributed by atoms with Crippen LogP contribution in [0, 0.1) is 0 Å². The molecule has 168 valence electrons. The predicted octanol–water partition coefficient (Wildman–Crippen LogP) is 4.68. The summed E-state index contributed by atoms with van der Waals surface area (Å²) in [6, 6.07) is 19.1. The number of anilines is 1. The van der Waals surface area contributed by atoms with E-state index >= 15 is 0 Å². The number of fused-ring (bicyclic) bond motifs is 1. The minimum Gasteiger partial charge on any atom is -0.465 e. The first kappa shape index (κ1) is 22.4. The Bertz CT molecular complexity index is 1210. The van der Waals surface area contributed by atoms with Crippen LogP contribution in [-0.2, 0) is 16.0 Å². The highest BCUT2D eigenvalue weighted by atomic mass is 35.5. The van der Waals surface area contributed by atoms with Crippen LogP contribution in [-0.4, -0.2) is 37.0 Å². The Morgan fingerprint density at radius 2 is 1.55 bits per heavy atom. The number of halogens is 1. The fourth-order valence-corrected chi connectivity index (χ4v) is 4.03. The number of benzene rings is 3. The molecule has 1 amide bonds. The Morgan fingerprint density at radius 3 is 2.18 bits per heavy atom. The summed E-state index contributed by atoms with van der Waals surface area (Å²) in [7, 11) is 2.52. The first-order valence-corrected chi connectivity index (χ1v) is 10.5. The van der Waals surface area contributed by atoms with Gasteiger partial charge in [-0.1, -0.05) is 48.0 Å². The molecular weight excluding hydrogens is 444 g/mol. The number of methoxy groups -OCH3 is 2. The predicted molar refractivity (Wildman–Crippen MR) is 123 cm³/mol. The van der Waals surface area contributed by atoms with Crippen LogP contribution in [0.15, 0.2) is 66.7 Å². The van der Waals surface area contributed by atoms with E-state index in [0.29, 0.717) is 16.3 Å². The summed E-state index contributed by atoms with van der Waals surface area (Å²) in [5.41, 5.74) is 2.95. The Hall–Kier alpha value is -3.84. The van der Waals surface area contributed by atoms with Crippen molar-refractivity contribution < 1.29 is 23.9 Å². The molecule has 1 aliphatic rings. The van der Waals surface area contributed by atoms with E-state index in [4.69, 9.17) is 21.1 Å². The summed E-state index contributed by atoms with van der Waals surface area (Å²) >= 11 is 6.35. The van der Waals surface area contributed by atoms with E-state index in [2.05, 4.69) is 5.32 Å². The fraction of sp³-hybridized carbons (Fsp3) is 0.160. The van der Waals surface area contributed by atoms with Crippen LogP contribution in [0.5, 0.6) is 0 Å². The maximum absolute atomic E-state index is 13.3. The number of hydrogen-bond acceptors (Lipinski definition) is 6. The summed E-state index contributed by atoms with van der Waals surface area (Å²) in [5.74, 6) is -1.35. The van der Waals surface area contributed by atoms with Gasteiger partial charge < -0.3 is 19.7 Å². The van der Waals surface area contributed by atoms with Gasteiger partial charge in [0.25, 0.3) is 5.91 Å². The van der Waals surface area contributed by atoms with Crippen molar-refractivity contribution in [1.82, 2.24) is 4.90 Å². The largest absolute Gasteiger partial charge is 0.465 e. The molecule has 3 aromatic carbocycles. The lowest BCUT2D eigenvalue weighted by Crippen LogP contribution is -2.32. The van der Waals surface area contributed by atoms with Crippen LogP contribution in [0.3, 0.4) is 0 Å². The normalized spacial score (nSPS) is 14.6. The second-order valence-electron chi connectivity index (χ2n) is 7.44. The van der Waals surface area contributed by atoms with E-state index in [1.54, 1.807) is 35.2 Å². The number of hydrogen-bond donors (Lipinski definition) is 1. The SMILES string of the molecule is COC(=O)c1cc(NC2c3ccccc3C(=O)N2Cc2ccccc2Cl)cc(C(=O)OC)c1. The Morgan fingerprint density at radius 1 is 0.939 bits per heavy atom. The minimum atomic E-state index is -0.598. The van der Waals surface area contributed by atoms with Crippen LogP contribution in [0.1, 0.15) is 48.4 Å². The van der Waals surface area contributed by atoms with Crippen LogP contribution >= 0.6 is 11.6 Å². The third-order valence-corrected chi connectivity index (χ3v) is 5.80. The smallest absolute Gasteiger partial charge is 0.337 e. The Labute approximate surface area is 195 Å². The highest BCUT2D eigenvalue weighted by molar-refractivity contribution is 6.31. The van der Waals surface area contributed by atoms with Crippen molar-refractivity contribution in [2.45, 2.75) is 12.7 Å². The number of amides is 1. The molecule has 3 aromatic rings. The van der Waals surface area contributed by atoms with Crippen molar-refractivity contribution in [1.29, 1.82) is 0 Å². The van der Waals surface area contributed by atoms with Gasteiger partial charge in [0, 0.05) is 28.4 Å². The van der Waals surface area contributed by atoms with Crippen molar-refractivity contribution in [2.75, 3.05) is 19.5 Å². The van der Waals surface area contributed by atoms with Gasteiger partial charge in [-0.15, -0.1) is 0 Å². The third kappa shape index (κ3) is 4.40. The maximum atomic E-state index is 13.3. The summed E-state index contributed by atoms with van der Waals surface area (Å²) in [6.07, 6.45) is -0.552. The van der Waals surface area contributed by atoms with Gasteiger partial charge in [0.05, 0.1) is 25.3 Å². The highest BCUT2D eigenvalue weighted by Gasteiger charge is 2.37. The number of carbonyl (C=O) groups excluding carboxylic acids is 3. The molecule has 1 heterocycles. The summed E-state index contributed by atoms with van der Waals surface area (Å²) in [5, 5.41) is 3.86.